The zero-order valence-corrected chi connectivity index (χ0v) is 11.4. The highest BCUT2D eigenvalue weighted by molar-refractivity contribution is 6.35. The van der Waals surface area contributed by atoms with E-state index in [4.69, 9.17) is 28.9 Å². The fourth-order valence-electron chi connectivity index (χ4n) is 2.46. The number of hydrogen-bond donors (Lipinski definition) is 2. The van der Waals surface area contributed by atoms with E-state index in [1.54, 1.807) is 6.07 Å². The van der Waals surface area contributed by atoms with Crippen LogP contribution < -0.4 is 11.1 Å². The van der Waals surface area contributed by atoms with Crippen LogP contribution in [0.25, 0.3) is 0 Å². The Morgan fingerprint density at radius 3 is 2.71 bits per heavy atom. The van der Waals surface area contributed by atoms with Gasteiger partial charge < -0.3 is 11.1 Å². The second-order valence-electron chi connectivity index (χ2n) is 4.82. The van der Waals surface area contributed by atoms with Crippen LogP contribution in [0.3, 0.4) is 0 Å². The molecule has 1 saturated carbocycles. The van der Waals surface area contributed by atoms with E-state index in [9.17, 15) is 0 Å². The molecule has 1 fully saturated rings. The number of nitrogens with one attached hydrogen (secondary N) is 1. The van der Waals surface area contributed by atoms with Gasteiger partial charge in [-0.3, -0.25) is 0 Å². The van der Waals surface area contributed by atoms with Gasteiger partial charge in [0.25, 0.3) is 0 Å². The molecule has 0 bridgehead atoms. The van der Waals surface area contributed by atoms with Crippen LogP contribution in [-0.4, -0.2) is 12.1 Å². The molecule has 3 N–H and O–H groups in total. The SMILES string of the molecule is CC(NC1CCC(N)C1)c1ccc(Cl)cc1Cl. The van der Waals surface area contributed by atoms with E-state index >= 15 is 0 Å². The summed E-state index contributed by atoms with van der Waals surface area (Å²) in [6, 6.07) is 6.73. The molecule has 0 aliphatic heterocycles. The quantitative estimate of drug-likeness (QED) is 0.884. The van der Waals surface area contributed by atoms with Crippen molar-refractivity contribution in [2.75, 3.05) is 0 Å². The molecule has 1 aromatic rings. The van der Waals surface area contributed by atoms with Crippen LogP contribution in [0, 0.1) is 0 Å². The first-order valence-electron chi connectivity index (χ1n) is 6.03. The molecule has 17 heavy (non-hydrogen) atoms. The minimum absolute atomic E-state index is 0.232. The van der Waals surface area contributed by atoms with E-state index < -0.39 is 0 Å². The van der Waals surface area contributed by atoms with Gasteiger partial charge in [0.05, 0.1) is 0 Å². The highest BCUT2D eigenvalue weighted by Gasteiger charge is 2.23. The summed E-state index contributed by atoms with van der Waals surface area (Å²) in [5, 5.41) is 4.98. The van der Waals surface area contributed by atoms with Gasteiger partial charge >= 0.3 is 0 Å². The molecular weight excluding hydrogens is 255 g/mol. The molecule has 2 rings (SSSR count). The summed E-state index contributed by atoms with van der Waals surface area (Å²) in [5.41, 5.74) is 7.00. The van der Waals surface area contributed by atoms with Gasteiger partial charge in [-0.1, -0.05) is 29.3 Å². The largest absolute Gasteiger partial charge is 0.328 e. The summed E-state index contributed by atoms with van der Waals surface area (Å²) < 4.78 is 0. The van der Waals surface area contributed by atoms with E-state index in [1.165, 1.54) is 0 Å². The summed E-state index contributed by atoms with van der Waals surface area (Å²) in [5.74, 6) is 0. The molecule has 0 heterocycles. The van der Waals surface area contributed by atoms with Crippen LogP contribution in [0.15, 0.2) is 18.2 Å². The Hall–Kier alpha value is -0.280. The molecule has 1 aromatic carbocycles. The topological polar surface area (TPSA) is 38.0 Å². The number of halogens is 2. The number of hydrogen-bond acceptors (Lipinski definition) is 2. The Labute approximate surface area is 112 Å². The Morgan fingerprint density at radius 2 is 2.12 bits per heavy atom. The van der Waals surface area contributed by atoms with Crippen LogP contribution in [0.4, 0.5) is 0 Å². The van der Waals surface area contributed by atoms with Gasteiger partial charge in [-0.05, 0) is 43.9 Å². The van der Waals surface area contributed by atoms with Crippen molar-refractivity contribution in [3.63, 3.8) is 0 Å². The minimum Gasteiger partial charge on any atom is -0.328 e. The van der Waals surface area contributed by atoms with Crippen molar-refractivity contribution in [3.8, 4) is 0 Å². The summed E-state index contributed by atoms with van der Waals surface area (Å²) in [6.45, 7) is 2.12. The van der Waals surface area contributed by atoms with Crippen molar-refractivity contribution in [1.82, 2.24) is 5.32 Å². The Balaban J connectivity index is 2.01. The monoisotopic (exact) mass is 272 g/mol. The van der Waals surface area contributed by atoms with Crippen molar-refractivity contribution < 1.29 is 0 Å². The fraction of sp³-hybridized carbons (Fsp3) is 0.538. The van der Waals surface area contributed by atoms with Gasteiger partial charge in [0.1, 0.15) is 0 Å². The third kappa shape index (κ3) is 3.35. The molecule has 0 amide bonds. The summed E-state index contributed by atoms with van der Waals surface area (Å²) >= 11 is 12.1. The number of nitrogens with two attached hydrogens (primary N) is 1. The van der Waals surface area contributed by atoms with Gasteiger partial charge in [0.2, 0.25) is 0 Å². The zero-order valence-electron chi connectivity index (χ0n) is 9.92. The Morgan fingerprint density at radius 1 is 1.35 bits per heavy atom. The Kier molecular flexibility index (Phi) is 4.31. The first-order chi connectivity index (χ1) is 8.06. The predicted octanol–water partition coefficient (Wildman–Crippen LogP) is 3.52. The molecule has 3 unspecified atom stereocenters. The Bertz CT molecular complexity index is 395. The minimum atomic E-state index is 0.232. The highest BCUT2D eigenvalue weighted by atomic mass is 35.5. The van der Waals surface area contributed by atoms with Crippen LogP contribution in [-0.2, 0) is 0 Å². The van der Waals surface area contributed by atoms with E-state index in [2.05, 4.69) is 12.2 Å². The molecule has 0 aromatic heterocycles. The van der Waals surface area contributed by atoms with Crippen molar-refractivity contribution in [2.24, 2.45) is 5.73 Å². The van der Waals surface area contributed by atoms with Crippen molar-refractivity contribution in [3.05, 3.63) is 33.8 Å². The van der Waals surface area contributed by atoms with E-state index in [0.29, 0.717) is 17.1 Å². The summed E-state index contributed by atoms with van der Waals surface area (Å²) in [4.78, 5) is 0. The molecule has 1 aliphatic carbocycles. The first-order valence-corrected chi connectivity index (χ1v) is 6.78. The number of rotatable bonds is 3. The smallest absolute Gasteiger partial charge is 0.0468 e. The maximum atomic E-state index is 6.19. The lowest BCUT2D eigenvalue weighted by Gasteiger charge is -2.20. The zero-order chi connectivity index (χ0) is 12.4. The van der Waals surface area contributed by atoms with Crippen molar-refractivity contribution >= 4 is 23.2 Å². The summed E-state index contributed by atoms with van der Waals surface area (Å²) in [7, 11) is 0. The normalized spacial score (nSPS) is 26.1. The average Bonchev–Trinajstić information content (AvgIpc) is 2.63. The van der Waals surface area contributed by atoms with Gasteiger partial charge in [-0.25, -0.2) is 0 Å². The van der Waals surface area contributed by atoms with Gasteiger partial charge in [-0.2, -0.15) is 0 Å². The van der Waals surface area contributed by atoms with E-state index in [1.807, 2.05) is 12.1 Å². The first kappa shape index (κ1) is 13.2. The fourth-order valence-corrected chi connectivity index (χ4v) is 3.04. The maximum absolute atomic E-state index is 6.19. The molecule has 0 saturated heterocycles. The standard InChI is InChI=1S/C13H18Cl2N2/c1-8(17-11-4-3-10(16)7-11)12-5-2-9(14)6-13(12)15/h2,5-6,8,10-11,17H,3-4,7,16H2,1H3. The van der Waals surface area contributed by atoms with Crippen molar-refractivity contribution in [1.29, 1.82) is 0 Å². The second kappa shape index (κ2) is 5.57. The van der Waals surface area contributed by atoms with Gasteiger partial charge in [0, 0.05) is 28.2 Å². The molecule has 94 valence electrons. The molecule has 1 aliphatic rings. The van der Waals surface area contributed by atoms with Gasteiger partial charge in [-0.15, -0.1) is 0 Å². The van der Waals surface area contributed by atoms with E-state index in [-0.39, 0.29) is 6.04 Å². The summed E-state index contributed by atoms with van der Waals surface area (Å²) in [6.07, 6.45) is 3.31. The van der Waals surface area contributed by atoms with Crippen molar-refractivity contribution in [2.45, 2.75) is 44.3 Å². The lowest BCUT2D eigenvalue weighted by molar-refractivity contribution is 0.457. The average molecular weight is 273 g/mol. The second-order valence-corrected chi connectivity index (χ2v) is 5.67. The lowest BCUT2D eigenvalue weighted by atomic mass is 10.1. The maximum Gasteiger partial charge on any atom is 0.0468 e. The molecular formula is C13H18Cl2N2. The van der Waals surface area contributed by atoms with Crippen LogP contribution in [0.2, 0.25) is 10.0 Å². The lowest BCUT2D eigenvalue weighted by Crippen LogP contribution is -2.30. The third-order valence-electron chi connectivity index (χ3n) is 3.39. The predicted molar refractivity (Wildman–Crippen MR) is 73.6 cm³/mol. The molecule has 0 spiro atoms. The third-order valence-corrected chi connectivity index (χ3v) is 3.95. The highest BCUT2D eigenvalue weighted by Crippen LogP contribution is 2.28. The molecule has 2 nitrogen and oxygen atoms in total. The van der Waals surface area contributed by atoms with Crippen LogP contribution in [0.1, 0.15) is 37.8 Å². The van der Waals surface area contributed by atoms with Crippen LogP contribution >= 0.6 is 23.2 Å². The van der Waals surface area contributed by atoms with Gasteiger partial charge in [0.15, 0.2) is 0 Å². The van der Waals surface area contributed by atoms with E-state index in [0.717, 1.165) is 29.8 Å². The molecule has 0 radical (unpaired) electrons. The van der Waals surface area contributed by atoms with Crippen LogP contribution in [0.5, 0.6) is 0 Å². The molecule has 4 heteroatoms. The molecule has 3 atom stereocenters. The number of benzene rings is 1.